The number of aliphatic carboxylic acids is 1. The number of amides is 3. The molecule has 0 radical (unpaired) electrons. The summed E-state index contributed by atoms with van der Waals surface area (Å²) in [5.41, 5.74) is 24.1. The molecule has 0 bridgehead atoms. The largest absolute Gasteiger partial charge is 0.481 e. The number of carbonyl (C=O) groups is 4. The first-order valence-corrected chi connectivity index (χ1v) is 19.9. The van der Waals surface area contributed by atoms with E-state index in [9.17, 15) is 19.2 Å². The summed E-state index contributed by atoms with van der Waals surface area (Å²) in [5.74, 6) is -1.39. The molecular formula is C46H52N10O5. The molecule has 8 N–H and O–H groups in total. The topological polar surface area (TPSA) is 237 Å². The molecule has 0 unspecified atom stereocenters. The maximum Gasteiger partial charge on any atom is 0.307 e. The predicted molar refractivity (Wildman–Crippen MR) is 235 cm³/mol. The number of anilines is 2. The van der Waals surface area contributed by atoms with Crippen LogP contribution >= 0.6 is 0 Å². The van der Waals surface area contributed by atoms with Crippen molar-refractivity contribution < 1.29 is 24.3 Å². The van der Waals surface area contributed by atoms with Gasteiger partial charge in [-0.25, -0.2) is 19.9 Å². The molecule has 15 nitrogen and oxygen atoms in total. The number of fused-ring (bicyclic) bond motifs is 4. The molecule has 0 atom stereocenters. The summed E-state index contributed by atoms with van der Waals surface area (Å²) in [4.78, 5) is 70.0. The van der Waals surface area contributed by atoms with Crippen LogP contribution < -0.4 is 22.5 Å². The van der Waals surface area contributed by atoms with Crippen molar-refractivity contribution in [2.75, 3.05) is 11.5 Å². The Hall–Kier alpha value is -7.00. The van der Waals surface area contributed by atoms with Crippen molar-refractivity contribution in [2.24, 2.45) is 5.73 Å². The number of hydrogen-bond acceptors (Lipinski definition) is 11. The standard InChI is InChI=1S/C23H25N5O2.C19H16N4O3.C4H11N/c1-23(2,3)27-19(29)11-14-8-9-18-17(10-14)20(26-22(24)25-18)21(30)28-12-15-6-4-5-7-16(15)13-28;20-19-21-15-6-5-11(8-16(24)25)7-14(15)17(22-19)18(26)23-9-12-3-1-2-4-13(12)10-23;1-4(2,3)5/h4-10H,11-13H2,1-3H3,(H,27,29)(H2,24,25,26);1-7H,8-10H2,(H,24,25)(H2,20,21,22);5H2,1-3H3. The maximum atomic E-state index is 13.3. The summed E-state index contributed by atoms with van der Waals surface area (Å²) in [6.45, 7) is 13.8. The van der Waals surface area contributed by atoms with Gasteiger partial charge < -0.3 is 37.4 Å². The molecule has 0 saturated heterocycles. The number of carboxylic acid groups (broad SMARTS) is 1. The maximum absolute atomic E-state index is 13.3. The van der Waals surface area contributed by atoms with E-state index in [0.717, 1.165) is 27.8 Å². The minimum Gasteiger partial charge on any atom is -0.481 e. The van der Waals surface area contributed by atoms with E-state index in [1.807, 2.05) is 102 Å². The van der Waals surface area contributed by atoms with Gasteiger partial charge in [0, 0.05) is 48.0 Å². The third-order valence-corrected chi connectivity index (χ3v) is 9.45. The van der Waals surface area contributed by atoms with Gasteiger partial charge in [0.05, 0.1) is 23.9 Å². The van der Waals surface area contributed by atoms with Gasteiger partial charge in [-0.2, -0.15) is 0 Å². The second kappa shape index (κ2) is 17.7. The smallest absolute Gasteiger partial charge is 0.307 e. The number of nitrogens with one attached hydrogen (secondary N) is 1. The fraction of sp³-hybridized carbons (Fsp3) is 0.304. The molecule has 8 rings (SSSR count). The van der Waals surface area contributed by atoms with Gasteiger partial charge in [-0.3, -0.25) is 19.2 Å². The molecule has 15 heteroatoms. The summed E-state index contributed by atoms with van der Waals surface area (Å²) in [5, 5.41) is 13.1. The Kier molecular flexibility index (Phi) is 12.6. The number of carboxylic acids is 1. The Morgan fingerprint density at radius 1 is 0.607 bits per heavy atom. The number of aromatic nitrogens is 4. The highest BCUT2D eigenvalue weighted by Gasteiger charge is 2.28. The van der Waals surface area contributed by atoms with E-state index < -0.39 is 5.97 Å². The number of carbonyl (C=O) groups excluding carboxylic acids is 3. The third kappa shape index (κ3) is 11.4. The molecule has 0 saturated carbocycles. The highest BCUT2D eigenvalue weighted by Crippen LogP contribution is 2.28. The molecule has 61 heavy (non-hydrogen) atoms. The lowest BCUT2D eigenvalue weighted by atomic mass is 10.0. The van der Waals surface area contributed by atoms with E-state index in [0.29, 0.717) is 53.5 Å². The van der Waals surface area contributed by atoms with Crippen LogP contribution in [0.2, 0.25) is 0 Å². The van der Waals surface area contributed by atoms with Gasteiger partial charge in [-0.15, -0.1) is 0 Å². The van der Waals surface area contributed by atoms with Crippen molar-refractivity contribution in [2.45, 2.75) is 91.6 Å². The number of nitrogens with two attached hydrogens (primary N) is 3. The van der Waals surface area contributed by atoms with Crippen LogP contribution in [-0.2, 0) is 48.6 Å². The minimum atomic E-state index is -0.941. The van der Waals surface area contributed by atoms with Gasteiger partial charge in [0.1, 0.15) is 11.4 Å². The van der Waals surface area contributed by atoms with Gasteiger partial charge in [-0.05, 0) is 99.2 Å². The highest BCUT2D eigenvalue weighted by molar-refractivity contribution is 6.06. The fourth-order valence-corrected chi connectivity index (χ4v) is 7.01. The molecule has 4 heterocycles. The number of nitrogen functional groups attached to an aromatic ring is 2. The first-order valence-electron chi connectivity index (χ1n) is 19.9. The lowest BCUT2D eigenvalue weighted by Crippen LogP contribution is -2.41. The molecule has 2 aliphatic heterocycles. The molecule has 3 amide bonds. The van der Waals surface area contributed by atoms with Crippen LogP contribution in [0.25, 0.3) is 21.8 Å². The van der Waals surface area contributed by atoms with Crippen LogP contribution in [0.3, 0.4) is 0 Å². The first-order chi connectivity index (χ1) is 28.7. The van der Waals surface area contributed by atoms with E-state index in [1.165, 1.54) is 0 Å². The van der Waals surface area contributed by atoms with Crippen LogP contribution in [0.1, 0.15) is 95.9 Å². The molecule has 4 aromatic carbocycles. The van der Waals surface area contributed by atoms with Crippen LogP contribution in [0, 0.1) is 0 Å². The van der Waals surface area contributed by atoms with Gasteiger partial charge in [-0.1, -0.05) is 60.7 Å². The first kappa shape index (κ1) is 43.6. The summed E-state index contributed by atoms with van der Waals surface area (Å²) in [6.07, 6.45) is 0.0729. The third-order valence-electron chi connectivity index (χ3n) is 9.45. The Balaban J connectivity index is 0.000000185. The number of nitrogens with zero attached hydrogens (tertiary/aromatic N) is 6. The molecule has 0 aliphatic carbocycles. The highest BCUT2D eigenvalue weighted by atomic mass is 16.4. The average molecular weight is 825 g/mol. The van der Waals surface area contributed by atoms with E-state index >= 15 is 0 Å². The quantitative estimate of drug-likeness (QED) is 0.139. The van der Waals surface area contributed by atoms with Crippen molar-refractivity contribution in [3.8, 4) is 0 Å². The zero-order chi connectivity index (χ0) is 44.2. The van der Waals surface area contributed by atoms with Crippen molar-refractivity contribution >= 4 is 57.4 Å². The molecule has 316 valence electrons. The molecule has 2 aromatic heterocycles. The Bertz CT molecular complexity index is 2600. The van der Waals surface area contributed by atoms with Gasteiger partial charge in [0.15, 0.2) is 0 Å². The van der Waals surface area contributed by atoms with Gasteiger partial charge >= 0.3 is 5.97 Å². The Labute approximate surface area is 354 Å². The molecular weight excluding hydrogens is 773 g/mol. The monoisotopic (exact) mass is 824 g/mol. The Morgan fingerprint density at radius 3 is 1.31 bits per heavy atom. The lowest BCUT2D eigenvalue weighted by molar-refractivity contribution is -0.136. The SMILES string of the molecule is CC(C)(C)N.CC(C)(C)NC(=O)Cc1ccc2nc(N)nc(C(=O)N3Cc4ccccc4C3)c2c1.Nc1nc(C(=O)N2Cc3ccccc3C2)c2cc(CC(=O)O)ccc2n1. The normalized spacial score (nSPS) is 13.1. The lowest BCUT2D eigenvalue weighted by Gasteiger charge is -2.20. The molecule has 2 aliphatic rings. The number of hydrogen-bond donors (Lipinski definition) is 5. The van der Waals surface area contributed by atoms with Crippen LogP contribution in [0.15, 0.2) is 84.9 Å². The second-order valence-corrected chi connectivity index (χ2v) is 17.3. The van der Waals surface area contributed by atoms with E-state index in [4.69, 9.17) is 22.3 Å². The predicted octanol–water partition coefficient (Wildman–Crippen LogP) is 5.56. The minimum absolute atomic E-state index is 0. The summed E-state index contributed by atoms with van der Waals surface area (Å²) in [6, 6.07) is 26.3. The number of benzene rings is 4. The second-order valence-electron chi connectivity index (χ2n) is 17.3. The van der Waals surface area contributed by atoms with Crippen LogP contribution in [-0.4, -0.2) is 69.6 Å². The average Bonchev–Trinajstić information content (AvgIpc) is 3.81. The van der Waals surface area contributed by atoms with Crippen molar-refractivity contribution in [1.82, 2.24) is 35.1 Å². The van der Waals surface area contributed by atoms with E-state index in [1.54, 1.807) is 34.1 Å². The molecule has 0 fully saturated rings. The number of rotatable bonds is 6. The van der Waals surface area contributed by atoms with Crippen LogP contribution in [0.5, 0.6) is 0 Å². The van der Waals surface area contributed by atoms with Crippen molar-refractivity contribution in [3.63, 3.8) is 0 Å². The molecule has 0 spiro atoms. The zero-order valence-corrected chi connectivity index (χ0v) is 35.3. The summed E-state index contributed by atoms with van der Waals surface area (Å²) < 4.78 is 0. The molecule has 6 aromatic rings. The van der Waals surface area contributed by atoms with Crippen molar-refractivity contribution in [1.29, 1.82) is 0 Å². The van der Waals surface area contributed by atoms with E-state index in [-0.39, 0.29) is 64.9 Å². The van der Waals surface area contributed by atoms with Crippen molar-refractivity contribution in [3.05, 3.63) is 130 Å². The van der Waals surface area contributed by atoms with Crippen LogP contribution in [0.4, 0.5) is 11.9 Å². The van der Waals surface area contributed by atoms with E-state index in [2.05, 4.69) is 25.3 Å². The summed E-state index contributed by atoms with van der Waals surface area (Å²) in [7, 11) is 0. The zero-order valence-electron chi connectivity index (χ0n) is 35.3. The van der Waals surface area contributed by atoms with Gasteiger partial charge in [0.25, 0.3) is 11.8 Å². The Morgan fingerprint density at radius 2 is 0.967 bits per heavy atom. The fourth-order valence-electron chi connectivity index (χ4n) is 7.01. The summed E-state index contributed by atoms with van der Waals surface area (Å²) >= 11 is 0. The van der Waals surface area contributed by atoms with Gasteiger partial charge in [0.2, 0.25) is 17.8 Å².